The normalized spacial score (nSPS) is 20.9. The van der Waals surface area contributed by atoms with Crippen LogP contribution in [-0.4, -0.2) is 40.8 Å². The second-order valence-corrected chi connectivity index (χ2v) is 9.17. The maximum atomic E-state index is 13.6. The minimum absolute atomic E-state index is 0.0737. The molecule has 1 aromatic heterocycles. The van der Waals surface area contributed by atoms with Crippen LogP contribution in [0.15, 0.2) is 52.9 Å². The number of hydrogen-bond acceptors (Lipinski definition) is 7. The Bertz CT molecular complexity index is 1240. The van der Waals surface area contributed by atoms with E-state index in [2.05, 4.69) is 10.2 Å². The van der Waals surface area contributed by atoms with E-state index in [0.29, 0.717) is 34.3 Å². The van der Waals surface area contributed by atoms with Gasteiger partial charge in [-0.3, -0.25) is 14.4 Å². The third-order valence-electron chi connectivity index (χ3n) is 7.06. The van der Waals surface area contributed by atoms with E-state index < -0.39 is 23.7 Å². The fraction of sp³-hybridized carbons (Fsp3) is 0.370. The van der Waals surface area contributed by atoms with Crippen LogP contribution in [0.5, 0.6) is 5.75 Å². The molecule has 0 spiro atoms. The van der Waals surface area contributed by atoms with Gasteiger partial charge >= 0.3 is 0 Å². The van der Waals surface area contributed by atoms with Crippen molar-refractivity contribution in [2.45, 2.75) is 45.1 Å². The molecular weight excluding hydrogens is 446 g/mol. The van der Waals surface area contributed by atoms with Crippen LogP contribution < -0.4 is 9.64 Å². The van der Waals surface area contributed by atoms with Crippen LogP contribution in [0, 0.1) is 18.8 Å². The highest BCUT2D eigenvalue weighted by molar-refractivity contribution is 6.49. The van der Waals surface area contributed by atoms with Gasteiger partial charge in [0.15, 0.2) is 5.78 Å². The molecule has 8 heteroatoms. The quantitative estimate of drug-likeness (QED) is 0.297. The van der Waals surface area contributed by atoms with Crippen molar-refractivity contribution in [2.24, 2.45) is 11.8 Å². The van der Waals surface area contributed by atoms with Crippen LogP contribution in [0.4, 0.5) is 5.69 Å². The van der Waals surface area contributed by atoms with E-state index in [1.165, 1.54) is 0 Å². The molecule has 180 valence electrons. The Kier molecular flexibility index (Phi) is 6.19. The lowest BCUT2D eigenvalue weighted by atomic mass is 9.76. The van der Waals surface area contributed by atoms with E-state index in [9.17, 15) is 14.4 Å². The van der Waals surface area contributed by atoms with E-state index in [1.54, 1.807) is 67.5 Å². The number of hydrogen-bond donors (Lipinski definition) is 0. The number of ketones is 2. The maximum absolute atomic E-state index is 13.6. The summed E-state index contributed by atoms with van der Waals surface area (Å²) in [4.78, 5) is 41.8. The third-order valence-corrected chi connectivity index (χ3v) is 7.06. The summed E-state index contributed by atoms with van der Waals surface area (Å²) >= 11 is 0. The monoisotopic (exact) mass is 473 g/mol. The van der Waals surface area contributed by atoms with Gasteiger partial charge in [0.05, 0.1) is 13.2 Å². The van der Waals surface area contributed by atoms with Crippen molar-refractivity contribution in [3.63, 3.8) is 0 Å². The Morgan fingerprint density at radius 2 is 1.66 bits per heavy atom. The zero-order valence-electron chi connectivity index (χ0n) is 19.8. The molecule has 1 aliphatic carbocycles. The first-order chi connectivity index (χ1) is 17.0. The van der Waals surface area contributed by atoms with Crippen LogP contribution in [0.2, 0.25) is 0 Å². The van der Waals surface area contributed by atoms with Gasteiger partial charge < -0.3 is 14.1 Å². The largest absolute Gasteiger partial charge is 0.497 e. The predicted molar refractivity (Wildman–Crippen MR) is 128 cm³/mol. The first-order valence-corrected chi connectivity index (χ1v) is 11.9. The van der Waals surface area contributed by atoms with Crippen molar-refractivity contribution in [3.05, 3.63) is 60.0 Å². The molecule has 0 bridgehead atoms. The molecule has 2 aliphatic rings. The molecule has 2 fully saturated rings. The molecule has 5 rings (SSSR count). The van der Waals surface area contributed by atoms with E-state index in [-0.39, 0.29) is 11.7 Å². The van der Waals surface area contributed by atoms with Gasteiger partial charge in [0.25, 0.3) is 5.91 Å². The van der Waals surface area contributed by atoms with Gasteiger partial charge in [0, 0.05) is 23.7 Å². The molecule has 1 aliphatic heterocycles. The molecule has 1 saturated heterocycles. The smallest absolute Gasteiger partial charge is 0.295 e. The summed E-state index contributed by atoms with van der Waals surface area (Å²) in [6.07, 6.45) is 4.94. The molecule has 0 N–H and O–H groups in total. The molecule has 3 aromatic rings. The molecule has 0 radical (unpaired) electrons. The number of Topliss-reactive ketones (excluding diaryl/α,β-unsaturated/α-hetero) is 2. The van der Waals surface area contributed by atoms with Crippen molar-refractivity contribution in [2.75, 3.05) is 12.0 Å². The number of aromatic nitrogens is 2. The second kappa shape index (κ2) is 9.44. The fourth-order valence-corrected chi connectivity index (χ4v) is 5.33. The van der Waals surface area contributed by atoms with E-state index >= 15 is 0 Å². The average Bonchev–Trinajstić information content (AvgIpc) is 3.45. The van der Waals surface area contributed by atoms with Gasteiger partial charge in [-0.1, -0.05) is 19.3 Å². The molecule has 1 amide bonds. The zero-order chi connectivity index (χ0) is 24.5. The number of rotatable bonds is 6. The van der Waals surface area contributed by atoms with Crippen molar-refractivity contribution < 1.29 is 23.5 Å². The number of ether oxygens (including phenoxy) is 1. The summed E-state index contributed by atoms with van der Waals surface area (Å²) in [5, 5.41) is 7.89. The third kappa shape index (κ3) is 4.24. The molecule has 2 atom stereocenters. The van der Waals surface area contributed by atoms with E-state index in [4.69, 9.17) is 9.15 Å². The number of benzene rings is 2. The number of anilines is 1. The van der Waals surface area contributed by atoms with Crippen molar-refractivity contribution >= 4 is 23.2 Å². The summed E-state index contributed by atoms with van der Waals surface area (Å²) in [6.45, 7) is 1.72. The number of aryl methyl sites for hydroxylation is 1. The lowest BCUT2D eigenvalue weighted by Gasteiger charge is -2.35. The number of nitrogens with zero attached hydrogens (tertiary/aromatic N) is 3. The van der Waals surface area contributed by atoms with Gasteiger partial charge in [-0.2, -0.15) is 0 Å². The number of carbonyl (C=O) groups excluding carboxylic acids is 3. The first kappa shape index (κ1) is 23.0. The molecule has 35 heavy (non-hydrogen) atoms. The Hall–Kier alpha value is -3.81. The van der Waals surface area contributed by atoms with Crippen molar-refractivity contribution in [3.8, 4) is 17.2 Å². The van der Waals surface area contributed by atoms with Gasteiger partial charge in [-0.05, 0) is 67.3 Å². The van der Waals surface area contributed by atoms with Crippen LogP contribution in [0.1, 0.15) is 48.4 Å². The molecule has 8 nitrogen and oxygen atoms in total. The summed E-state index contributed by atoms with van der Waals surface area (Å²) in [6, 6.07) is 13.3. The summed E-state index contributed by atoms with van der Waals surface area (Å²) in [7, 11) is 1.55. The van der Waals surface area contributed by atoms with Gasteiger partial charge in [-0.15, -0.1) is 10.2 Å². The number of methoxy groups -OCH3 is 1. The Labute approximate surface area is 203 Å². The SMILES string of the molecule is COc1ccc(C(=O)C2C(=O)C(=O)N(c3ccc(-c4nnc(C)o4)cc3)C2C2CCCCC2)cc1. The van der Waals surface area contributed by atoms with Crippen LogP contribution in [0.25, 0.3) is 11.5 Å². The Morgan fingerprint density at radius 1 is 0.971 bits per heavy atom. The molecule has 2 aromatic carbocycles. The lowest BCUT2D eigenvalue weighted by molar-refractivity contribution is -0.135. The van der Waals surface area contributed by atoms with Gasteiger partial charge in [-0.25, -0.2) is 0 Å². The first-order valence-electron chi connectivity index (χ1n) is 11.9. The molecule has 2 unspecified atom stereocenters. The second-order valence-electron chi connectivity index (χ2n) is 9.17. The minimum atomic E-state index is -1.03. The molecule has 1 saturated carbocycles. The van der Waals surface area contributed by atoms with Crippen molar-refractivity contribution in [1.29, 1.82) is 0 Å². The lowest BCUT2D eigenvalue weighted by Crippen LogP contribution is -2.43. The molecule has 2 heterocycles. The molecular formula is C27H27N3O5. The Morgan fingerprint density at radius 3 is 2.26 bits per heavy atom. The average molecular weight is 474 g/mol. The summed E-state index contributed by atoms with van der Waals surface area (Å²) in [5.74, 6) is -1.08. The van der Waals surface area contributed by atoms with Crippen molar-refractivity contribution in [1.82, 2.24) is 10.2 Å². The highest BCUT2D eigenvalue weighted by atomic mass is 16.5. The summed E-state index contributed by atoms with van der Waals surface area (Å²) < 4.78 is 10.7. The van der Waals surface area contributed by atoms with Crippen LogP contribution in [-0.2, 0) is 9.59 Å². The number of carbonyl (C=O) groups is 3. The highest BCUT2D eigenvalue weighted by Crippen LogP contribution is 2.41. The maximum Gasteiger partial charge on any atom is 0.295 e. The van der Waals surface area contributed by atoms with Gasteiger partial charge in [0.1, 0.15) is 11.7 Å². The topological polar surface area (TPSA) is 103 Å². The minimum Gasteiger partial charge on any atom is -0.497 e. The fourth-order valence-electron chi connectivity index (χ4n) is 5.33. The number of amides is 1. The Balaban J connectivity index is 1.51. The van der Waals surface area contributed by atoms with Gasteiger partial charge in [0.2, 0.25) is 17.6 Å². The van der Waals surface area contributed by atoms with E-state index in [1.807, 2.05) is 0 Å². The van der Waals surface area contributed by atoms with Crippen LogP contribution >= 0.6 is 0 Å². The zero-order valence-corrected chi connectivity index (χ0v) is 19.8. The predicted octanol–water partition coefficient (Wildman–Crippen LogP) is 4.42. The van der Waals surface area contributed by atoms with E-state index in [0.717, 1.165) is 32.1 Å². The highest BCUT2D eigenvalue weighted by Gasteiger charge is 2.54. The summed E-state index contributed by atoms with van der Waals surface area (Å²) in [5.41, 5.74) is 1.71. The van der Waals surface area contributed by atoms with Crippen LogP contribution in [0.3, 0.4) is 0 Å². The standard InChI is InChI=1S/C27H27N3O5/c1-16-28-29-26(35-16)19-8-12-20(13-9-19)30-23(17-6-4-3-5-7-17)22(25(32)27(30)33)24(31)18-10-14-21(34-2)15-11-18/h8-15,17,22-23H,3-7H2,1-2H3.